The minimum absolute atomic E-state index is 0. The zero-order valence-corrected chi connectivity index (χ0v) is 7.69. The minimum Gasteiger partial charge on any atom is -0.342 e. The maximum atomic E-state index is 3.72. The van der Waals surface area contributed by atoms with Crippen LogP contribution in [0.25, 0.3) is 0 Å². The molecule has 0 aromatic rings. The van der Waals surface area contributed by atoms with Gasteiger partial charge in [0.15, 0.2) is 0 Å². The van der Waals surface area contributed by atoms with E-state index in [0.717, 1.165) is 6.42 Å². The first-order valence-electron chi connectivity index (χ1n) is 2.84. The topological polar surface area (TPSA) is 0 Å². The molecule has 0 atom stereocenters. The Morgan fingerprint density at radius 2 is 2.11 bits per heavy atom. The summed E-state index contributed by atoms with van der Waals surface area (Å²) in [6, 6.07) is 0. The fraction of sp³-hybridized carbons (Fsp3) is 0.375. The van der Waals surface area contributed by atoms with Crippen molar-refractivity contribution in [3.05, 3.63) is 30.7 Å². The third-order valence-electron chi connectivity index (χ3n) is 0.948. The van der Waals surface area contributed by atoms with Gasteiger partial charge in [0.05, 0.1) is 0 Å². The van der Waals surface area contributed by atoms with Gasteiger partial charge in [-0.05, 0) is 0 Å². The predicted octanol–water partition coefficient (Wildman–Crippen LogP) is 2.16. The second-order valence-electron chi connectivity index (χ2n) is 1.50. The molecule has 0 bridgehead atoms. The van der Waals surface area contributed by atoms with E-state index < -0.39 is 0 Å². The van der Waals surface area contributed by atoms with Crippen molar-refractivity contribution in [2.75, 3.05) is 0 Å². The van der Waals surface area contributed by atoms with Gasteiger partial charge in [0.25, 0.3) is 0 Å². The molecule has 0 aliphatic heterocycles. The molecule has 46 valence electrons. The van der Waals surface area contributed by atoms with E-state index in [0.29, 0.717) is 0 Å². The molecule has 0 fully saturated rings. The van der Waals surface area contributed by atoms with Gasteiger partial charge in [-0.25, -0.2) is 6.08 Å². The van der Waals surface area contributed by atoms with Crippen LogP contribution in [0.3, 0.4) is 0 Å². The van der Waals surface area contributed by atoms with Gasteiger partial charge in [-0.3, -0.25) is 11.6 Å². The third kappa shape index (κ3) is 6.13. The predicted molar refractivity (Wildman–Crippen MR) is 43.0 cm³/mol. The van der Waals surface area contributed by atoms with Crippen LogP contribution in [0.1, 0.15) is 20.3 Å². The van der Waals surface area contributed by atoms with Gasteiger partial charge >= 0.3 is 23.1 Å². The van der Waals surface area contributed by atoms with Crippen LogP contribution in [0.4, 0.5) is 0 Å². The molecular formula is C8H12Mg. The average Bonchev–Trinajstić information content (AvgIpc) is 1.83. The molecule has 0 radical (unpaired) electrons. The molecule has 0 spiro atoms. The van der Waals surface area contributed by atoms with E-state index in [1.54, 1.807) is 0 Å². The van der Waals surface area contributed by atoms with Crippen LogP contribution in [0.15, 0.2) is 17.7 Å². The number of allylic oxidation sites excluding steroid dienone is 4. The molecule has 1 heteroatoms. The van der Waals surface area contributed by atoms with Crippen LogP contribution in [0.5, 0.6) is 0 Å². The largest absolute Gasteiger partial charge is 2.00 e. The van der Waals surface area contributed by atoms with Crippen molar-refractivity contribution in [2.45, 2.75) is 20.3 Å². The Balaban J connectivity index is 0. The summed E-state index contributed by atoms with van der Waals surface area (Å²) in [6.45, 7) is 7.68. The van der Waals surface area contributed by atoms with Crippen molar-refractivity contribution in [3.63, 3.8) is 0 Å². The van der Waals surface area contributed by atoms with E-state index >= 15 is 0 Å². The summed E-state index contributed by atoms with van der Waals surface area (Å²) in [4.78, 5) is 0. The summed E-state index contributed by atoms with van der Waals surface area (Å²) in [5.41, 5.74) is 1.17. The van der Waals surface area contributed by atoms with Crippen LogP contribution in [0, 0.1) is 13.0 Å². The Hall–Kier alpha value is 0.246. The molecule has 0 aliphatic carbocycles. The molecule has 0 aromatic carbocycles. The molecule has 0 unspecified atom stereocenters. The quantitative estimate of drug-likeness (QED) is 0.307. The second kappa shape index (κ2) is 8.25. The van der Waals surface area contributed by atoms with E-state index in [9.17, 15) is 0 Å². The number of hydrogen-bond acceptors (Lipinski definition) is 0. The Morgan fingerprint density at radius 3 is 2.22 bits per heavy atom. The Labute approximate surface area is 74.2 Å². The summed E-state index contributed by atoms with van der Waals surface area (Å²) in [6.07, 6.45) is 7.81. The van der Waals surface area contributed by atoms with Crippen LogP contribution < -0.4 is 0 Å². The van der Waals surface area contributed by atoms with Crippen molar-refractivity contribution < 1.29 is 0 Å². The maximum Gasteiger partial charge on any atom is 2.00 e. The summed E-state index contributed by atoms with van der Waals surface area (Å²) in [7, 11) is 0. The van der Waals surface area contributed by atoms with Gasteiger partial charge in [0, 0.05) is 0 Å². The van der Waals surface area contributed by atoms with Crippen molar-refractivity contribution in [1.29, 1.82) is 0 Å². The molecule has 0 rings (SSSR count). The molecule has 0 saturated carbocycles. The second-order valence-corrected chi connectivity index (χ2v) is 1.50. The van der Waals surface area contributed by atoms with Crippen LogP contribution in [-0.2, 0) is 0 Å². The molecule has 0 amide bonds. The van der Waals surface area contributed by atoms with Gasteiger partial charge in [0.1, 0.15) is 0 Å². The normalized spacial score (nSPS) is 11.7. The van der Waals surface area contributed by atoms with E-state index in [-0.39, 0.29) is 23.1 Å². The van der Waals surface area contributed by atoms with E-state index in [4.69, 9.17) is 0 Å². The van der Waals surface area contributed by atoms with Gasteiger partial charge in [-0.2, -0.15) is 12.5 Å². The number of hydrogen-bond donors (Lipinski definition) is 0. The van der Waals surface area contributed by atoms with Crippen molar-refractivity contribution in [3.8, 4) is 0 Å². The average molecular weight is 132 g/mol. The van der Waals surface area contributed by atoms with Gasteiger partial charge < -0.3 is 6.92 Å². The Bertz CT molecular complexity index is 98.4. The molecule has 0 heterocycles. The molecule has 9 heavy (non-hydrogen) atoms. The van der Waals surface area contributed by atoms with Crippen molar-refractivity contribution in [2.24, 2.45) is 0 Å². The molecule has 0 N–H and O–H groups in total. The minimum atomic E-state index is 0. The molecule has 0 saturated heterocycles. The van der Waals surface area contributed by atoms with Gasteiger partial charge in [-0.15, -0.1) is 6.92 Å². The van der Waals surface area contributed by atoms with Crippen LogP contribution in [-0.4, -0.2) is 23.1 Å². The van der Waals surface area contributed by atoms with Crippen LogP contribution >= 0.6 is 0 Å². The summed E-state index contributed by atoms with van der Waals surface area (Å²) in [5, 5.41) is 0. The maximum absolute atomic E-state index is 3.72. The van der Waals surface area contributed by atoms with E-state index in [2.05, 4.69) is 13.0 Å². The first kappa shape index (κ1) is 12.0. The number of rotatable bonds is 2. The molecular weight excluding hydrogens is 120 g/mol. The molecule has 0 nitrogen and oxygen atoms in total. The summed E-state index contributed by atoms with van der Waals surface area (Å²) < 4.78 is 0. The smallest absolute Gasteiger partial charge is 0.342 e. The summed E-state index contributed by atoms with van der Waals surface area (Å²) in [5.74, 6) is 0. The Morgan fingerprint density at radius 1 is 1.56 bits per heavy atom. The molecule has 0 aliphatic rings. The first-order chi connectivity index (χ1) is 3.85. The zero-order chi connectivity index (χ0) is 6.41. The van der Waals surface area contributed by atoms with Crippen molar-refractivity contribution >= 4 is 23.1 Å². The fourth-order valence-corrected chi connectivity index (χ4v) is 0.485. The Kier molecular flexibility index (Phi) is 11.0. The van der Waals surface area contributed by atoms with E-state index in [1.807, 2.05) is 26.0 Å². The van der Waals surface area contributed by atoms with E-state index in [1.165, 1.54) is 5.57 Å². The van der Waals surface area contributed by atoms with Crippen LogP contribution in [0.2, 0.25) is 0 Å². The molecule has 0 aromatic heterocycles. The zero-order valence-electron chi connectivity index (χ0n) is 6.28. The van der Waals surface area contributed by atoms with Gasteiger partial charge in [0.2, 0.25) is 0 Å². The standard InChI is InChI=1S/C8H12.Mg/c1-4-7-8(5-2)6-3;/h4,6H,2,5H2,1,3H3;/q-2;+2. The third-order valence-corrected chi connectivity index (χ3v) is 0.948. The van der Waals surface area contributed by atoms with Gasteiger partial charge in [-0.1, -0.05) is 6.92 Å². The monoisotopic (exact) mass is 132 g/mol. The SMILES string of the molecule is [CH2-]CC([C-]=CC)=CC.[Mg+2]. The van der Waals surface area contributed by atoms with Crippen molar-refractivity contribution in [1.82, 2.24) is 0 Å². The fourth-order valence-electron chi connectivity index (χ4n) is 0.485. The first-order valence-corrected chi connectivity index (χ1v) is 2.84. The summed E-state index contributed by atoms with van der Waals surface area (Å²) >= 11 is 0.